The lowest BCUT2D eigenvalue weighted by molar-refractivity contribution is -0.142. The fourth-order valence-corrected chi connectivity index (χ4v) is 0.269. The molecule has 0 saturated carbocycles. The summed E-state index contributed by atoms with van der Waals surface area (Å²) in [4.78, 5) is 10.0. The Balaban J connectivity index is -0.000000168. The third kappa shape index (κ3) is 70.1. The molecule has 0 rings (SSSR count). The molecular weight excluding hydrogens is 180 g/mol. The van der Waals surface area contributed by atoms with Crippen LogP contribution in [-0.2, 0) is 14.3 Å². The van der Waals surface area contributed by atoms with Gasteiger partial charge < -0.3 is 9.47 Å². The van der Waals surface area contributed by atoms with Crippen molar-refractivity contribution in [3.05, 3.63) is 25.3 Å². The summed E-state index contributed by atoms with van der Waals surface area (Å²) in [6.07, 6.45) is 3.50. The molecule has 0 heterocycles. The maximum Gasteiger partial charge on any atom is 0.302 e. The predicted molar refractivity (Wildman–Crippen MR) is 60.3 cm³/mol. The number of ether oxygens (including phenoxy) is 2. The van der Waals surface area contributed by atoms with Gasteiger partial charge in [-0.05, 0) is 13.8 Å². The van der Waals surface area contributed by atoms with Crippen molar-refractivity contribution in [1.29, 1.82) is 0 Å². The summed E-state index contributed by atoms with van der Waals surface area (Å²) < 4.78 is 9.13. The average molecular weight is 202 g/mol. The molecule has 0 aliphatic rings. The zero-order valence-corrected chi connectivity index (χ0v) is 9.71. The van der Waals surface area contributed by atoms with Crippen molar-refractivity contribution in [2.24, 2.45) is 0 Å². The number of methoxy groups -OCH3 is 1. The van der Waals surface area contributed by atoms with Crippen molar-refractivity contribution in [2.45, 2.75) is 20.8 Å². The van der Waals surface area contributed by atoms with Gasteiger partial charge in [-0.15, -0.1) is 13.2 Å². The molecule has 0 aliphatic heterocycles. The molecule has 3 nitrogen and oxygen atoms in total. The molecular formula is C11H22O3. The maximum atomic E-state index is 10.0. The molecule has 0 saturated heterocycles. The molecule has 0 unspecified atom stereocenters. The highest BCUT2D eigenvalue weighted by Gasteiger charge is 1.88. The first-order valence-corrected chi connectivity index (χ1v) is 4.37. The third-order valence-corrected chi connectivity index (χ3v) is 0.593. The molecule has 0 fully saturated rings. The molecule has 0 aliphatic carbocycles. The van der Waals surface area contributed by atoms with Gasteiger partial charge in [-0.25, -0.2) is 0 Å². The number of carbonyl (C=O) groups excluding carboxylic acids is 1. The second-order valence-corrected chi connectivity index (χ2v) is 2.15. The first-order valence-electron chi connectivity index (χ1n) is 4.37. The van der Waals surface area contributed by atoms with Crippen molar-refractivity contribution in [2.75, 3.05) is 20.3 Å². The summed E-state index contributed by atoms with van der Waals surface area (Å²) in [7, 11) is 1.56. The Labute approximate surface area is 87.4 Å². The molecule has 3 heteroatoms. The number of hydrogen-bond donors (Lipinski definition) is 0. The molecule has 0 aromatic heterocycles. The molecule has 0 amide bonds. The largest absolute Gasteiger partial charge is 0.463 e. The quantitative estimate of drug-likeness (QED) is 0.401. The van der Waals surface area contributed by atoms with Gasteiger partial charge >= 0.3 is 5.97 Å². The number of esters is 1. The highest BCUT2D eigenvalue weighted by atomic mass is 16.6. The van der Waals surface area contributed by atoms with E-state index in [1.54, 1.807) is 19.3 Å². The molecule has 0 radical (unpaired) electrons. The van der Waals surface area contributed by atoms with Crippen molar-refractivity contribution < 1.29 is 14.3 Å². The van der Waals surface area contributed by atoms with Crippen LogP contribution in [-0.4, -0.2) is 26.3 Å². The first kappa shape index (κ1) is 18.6. The summed E-state index contributed by atoms with van der Waals surface area (Å²) in [5.41, 5.74) is 0. The second kappa shape index (κ2) is 22.7. The minimum atomic E-state index is -0.262. The van der Waals surface area contributed by atoms with E-state index in [1.165, 1.54) is 6.92 Å². The molecule has 84 valence electrons. The van der Waals surface area contributed by atoms with E-state index < -0.39 is 0 Å². The minimum absolute atomic E-state index is 0.262. The van der Waals surface area contributed by atoms with E-state index in [-0.39, 0.29) is 5.97 Å². The lowest BCUT2D eigenvalue weighted by Gasteiger charge is -1.97. The van der Waals surface area contributed by atoms with E-state index in [9.17, 15) is 4.79 Å². The van der Waals surface area contributed by atoms with Crippen LogP contribution in [0.1, 0.15) is 20.8 Å². The van der Waals surface area contributed by atoms with Crippen LogP contribution in [0, 0.1) is 0 Å². The van der Waals surface area contributed by atoms with Crippen LogP contribution in [0.3, 0.4) is 0 Å². The van der Waals surface area contributed by atoms with Gasteiger partial charge in [0.1, 0.15) is 6.61 Å². The van der Waals surface area contributed by atoms with Crippen molar-refractivity contribution in [1.82, 2.24) is 0 Å². The van der Waals surface area contributed by atoms with Crippen LogP contribution in [0.4, 0.5) is 0 Å². The van der Waals surface area contributed by atoms with E-state index in [0.717, 1.165) is 0 Å². The van der Waals surface area contributed by atoms with Crippen LogP contribution in [0.15, 0.2) is 25.3 Å². The van der Waals surface area contributed by atoms with Gasteiger partial charge in [-0.3, -0.25) is 4.79 Å². The Hall–Kier alpha value is -1.09. The number of allylic oxidation sites excluding steroid dienone is 2. The van der Waals surface area contributed by atoms with Crippen molar-refractivity contribution >= 4 is 5.97 Å². The molecule has 0 spiro atoms. The van der Waals surface area contributed by atoms with E-state index in [1.807, 2.05) is 13.8 Å². The number of rotatable bonds is 3. The normalized spacial score (nSPS) is 6.86. The Morgan fingerprint density at radius 3 is 1.79 bits per heavy atom. The van der Waals surface area contributed by atoms with Crippen LogP contribution >= 0.6 is 0 Å². The molecule has 0 aromatic carbocycles. The van der Waals surface area contributed by atoms with Gasteiger partial charge in [0.15, 0.2) is 0 Å². The summed E-state index contributed by atoms with van der Waals surface area (Å²) in [5.74, 6) is -0.262. The smallest absolute Gasteiger partial charge is 0.302 e. The standard InChI is InChI=1S/C5H10O3.2C3H6/c1-5(6)8-4-3-7-2;2*1-3-2/h3-4H2,1-2H3;2*3H,1H2,2H3. The molecule has 0 N–H and O–H groups in total. The van der Waals surface area contributed by atoms with Crippen LogP contribution < -0.4 is 0 Å². The second-order valence-electron chi connectivity index (χ2n) is 2.15. The lowest BCUT2D eigenvalue weighted by Crippen LogP contribution is -2.05. The van der Waals surface area contributed by atoms with Crippen molar-refractivity contribution in [3.8, 4) is 0 Å². The Morgan fingerprint density at radius 2 is 1.57 bits per heavy atom. The summed E-state index contributed by atoms with van der Waals surface area (Å²) >= 11 is 0. The minimum Gasteiger partial charge on any atom is -0.463 e. The van der Waals surface area contributed by atoms with Gasteiger partial charge in [0.2, 0.25) is 0 Å². The molecule has 14 heavy (non-hydrogen) atoms. The summed E-state index contributed by atoms with van der Waals surface area (Å²) in [6.45, 7) is 12.7. The summed E-state index contributed by atoms with van der Waals surface area (Å²) in [5, 5.41) is 0. The third-order valence-electron chi connectivity index (χ3n) is 0.593. The van der Waals surface area contributed by atoms with Crippen LogP contribution in [0.2, 0.25) is 0 Å². The van der Waals surface area contributed by atoms with Gasteiger partial charge in [-0.1, -0.05) is 12.2 Å². The highest BCUT2D eigenvalue weighted by molar-refractivity contribution is 5.65. The Morgan fingerprint density at radius 1 is 1.21 bits per heavy atom. The van der Waals surface area contributed by atoms with Gasteiger partial charge in [0.05, 0.1) is 6.61 Å². The SMILES string of the molecule is C=CC.C=CC.COCCOC(C)=O. The predicted octanol–water partition coefficient (Wildman–Crippen LogP) is 2.58. The van der Waals surface area contributed by atoms with Gasteiger partial charge in [-0.2, -0.15) is 0 Å². The van der Waals surface area contributed by atoms with Gasteiger partial charge in [0.25, 0.3) is 0 Å². The van der Waals surface area contributed by atoms with Crippen LogP contribution in [0.25, 0.3) is 0 Å². The van der Waals surface area contributed by atoms with E-state index in [2.05, 4.69) is 22.6 Å². The highest BCUT2D eigenvalue weighted by Crippen LogP contribution is 1.74. The van der Waals surface area contributed by atoms with Crippen LogP contribution in [0.5, 0.6) is 0 Å². The zero-order chi connectivity index (χ0) is 11.8. The summed E-state index contributed by atoms with van der Waals surface area (Å²) in [6, 6.07) is 0. The molecule has 0 atom stereocenters. The molecule has 0 bridgehead atoms. The van der Waals surface area contributed by atoms with E-state index in [4.69, 9.17) is 0 Å². The zero-order valence-electron chi connectivity index (χ0n) is 9.71. The number of hydrogen-bond acceptors (Lipinski definition) is 3. The average Bonchev–Trinajstić information content (AvgIpc) is 2.07. The van der Waals surface area contributed by atoms with E-state index in [0.29, 0.717) is 13.2 Å². The number of carbonyl (C=O) groups is 1. The fourth-order valence-electron chi connectivity index (χ4n) is 0.269. The lowest BCUT2D eigenvalue weighted by atomic mass is 10.7. The topological polar surface area (TPSA) is 35.5 Å². The van der Waals surface area contributed by atoms with Gasteiger partial charge in [0, 0.05) is 14.0 Å². The Kier molecular flexibility index (Phi) is 30.2. The fraction of sp³-hybridized carbons (Fsp3) is 0.545. The molecule has 0 aromatic rings. The monoisotopic (exact) mass is 202 g/mol. The maximum absolute atomic E-state index is 10.0. The first-order chi connectivity index (χ1) is 6.60. The Bertz CT molecular complexity index is 124. The van der Waals surface area contributed by atoms with Crippen molar-refractivity contribution in [3.63, 3.8) is 0 Å². The van der Waals surface area contributed by atoms with E-state index >= 15 is 0 Å².